The molecular weight excluding hydrogens is 246 g/mol. The molecule has 0 spiro atoms. The summed E-state index contributed by atoms with van der Waals surface area (Å²) < 4.78 is 9.73. The first kappa shape index (κ1) is 14.8. The Morgan fingerprint density at radius 2 is 1.84 bits per heavy atom. The van der Waals surface area contributed by atoms with E-state index in [2.05, 4.69) is 10.1 Å². The lowest BCUT2D eigenvalue weighted by Crippen LogP contribution is -2.25. The Morgan fingerprint density at radius 3 is 2.32 bits per heavy atom. The van der Waals surface area contributed by atoms with E-state index in [1.165, 1.54) is 14.0 Å². The van der Waals surface area contributed by atoms with Crippen LogP contribution in [0, 0.1) is 0 Å². The number of hydrogen-bond donors (Lipinski definition) is 1. The highest BCUT2D eigenvalue weighted by atomic mass is 16.5. The summed E-state index contributed by atoms with van der Waals surface area (Å²) in [5.41, 5.74) is 1.20. The number of nitrogens with one attached hydrogen (secondary N) is 1. The lowest BCUT2D eigenvalue weighted by molar-refractivity contribution is -0.136. The number of amides is 1. The molecule has 1 N–H and O–H groups in total. The zero-order valence-electron chi connectivity index (χ0n) is 11.2. The van der Waals surface area contributed by atoms with Crippen molar-refractivity contribution in [1.29, 1.82) is 0 Å². The Kier molecular flexibility index (Phi) is 5.60. The third kappa shape index (κ3) is 4.83. The summed E-state index contributed by atoms with van der Waals surface area (Å²) in [6.45, 7) is 1.52. The Bertz CT molecular complexity index is 477. The van der Waals surface area contributed by atoms with Crippen molar-refractivity contribution in [2.75, 3.05) is 20.8 Å². The van der Waals surface area contributed by atoms with Gasteiger partial charge in [0.15, 0.2) is 0 Å². The molecule has 102 valence electrons. The maximum Gasteiger partial charge on any atom is 0.335 e. The van der Waals surface area contributed by atoms with Gasteiger partial charge < -0.3 is 14.8 Å². The summed E-state index contributed by atoms with van der Waals surface area (Å²) in [7, 11) is 2.89. The van der Waals surface area contributed by atoms with Gasteiger partial charge in [0.2, 0.25) is 5.91 Å². The van der Waals surface area contributed by atoms with Crippen molar-refractivity contribution in [3.8, 4) is 5.75 Å². The first-order valence-corrected chi connectivity index (χ1v) is 5.74. The van der Waals surface area contributed by atoms with Gasteiger partial charge in [0, 0.05) is 13.5 Å². The van der Waals surface area contributed by atoms with Gasteiger partial charge in [0.05, 0.1) is 19.8 Å². The van der Waals surface area contributed by atoms with E-state index in [1.54, 1.807) is 25.3 Å². The van der Waals surface area contributed by atoms with Gasteiger partial charge in [-0.05, 0) is 23.8 Å². The second kappa shape index (κ2) is 7.20. The summed E-state index contributed by atoms with van der Waals surface area (Å²) in [5.74, 6) is 0.0627. The minimum Gasteiger partial charge on any atom is -0.497 e. The second-order valence-electron chi connectivity index (χ2n) is 3.84. The summed E-state index contributed by atoms with van der Waals surface area (Å²) >= 11 is 0. The van der Waals surface area contributed by atoms with Crippen molar-refractivity contribution in [1.82, 2.24) is 5.32 Å². The van der Waals surface area contributed by atoms with Crippen LogP contribution in [0.15, 0.2) is 29.8 Å². The highest BCUT2D eigenvalue weighted by Crippen LogP contribution is 2.14. The van der Waals surface area contributed by atoms with Gasteiger partial charge in [0.25, 0.3) is 0 Å². The Balaban J connectivity index is 2.90. The SMILES string of the molecule is COC(=O)/C(=C/c1ccc(OC)cc1)CNC(C)=O. The fraction of sp³-hybridized carbons (Fsp3) is 0.286. The first-order chi connectivity index (χ1) is 9.06. The molecule has 0 aromatic heterocycles. The van der Waals surface area contributed by atoms with Crippen LogP contribution in [0.5, 0.6) is 5.75 Å². The number of ether oxygens (including phenoxy) is 2. The largest absolute Gasteiger partial charge is 0.497 e. The topological polar surface area (TPSA) is 64.6 Å². The Morgan fingerprint density at radius 1 is 1.21 bits per heavy atom. The van der Waals surface area contributed by atoms with Crippen molar-refractivity contribution in [3.63, 3.8) is 0 Å². The normalized spacial score (nSPS) is 10.8. The molecule has 0 bridgehead atoms. The van der Waals surface area contributed by atoms with E-state index in [0.29, 0.717) is 5.57 Å². The quantitative estimate of drug-likeness (QED) is 0.644. The highest BCUT2D eigenvalue weighted by molar-refractivity contribution is 5.94. The summed E-state index contributed by atoms with van der Waals surface area (Å²) in [4.78, 5) is 22.5. The summed E-state index contributed by atoms with van der Waals surface area (Å²) in [6.07, 6.45) is 1.67. The number of hydrogen-bond acceptors (Lipinski definition) is 4. The third-order valence-electron chi connectivity index (χ3n) is 2.43. The van der Waals surface area contributed by atoms with Crippen LogP contribution in [-0.2, 0) is 14.3 Å². The van der Waals surface area contributed by atoms with Crippen LogP contribution in [0.3, 0.4) is 0 Å². The van der Waals surface area contributed by atoms with Crippen molar-refractivity contribution in [2.24, 2.45) is 0 Å². The highest BCUT2D eigenvalue weighted by Gasteiger charge is 2.10. The molecule has 1 amide bonds. The van der Waals surface area contributed by atoms with Gasteiger partial charge in [-0.1, -0.05) is 12.1 Å². The van der Waals surface area contributed by atoms with Gasteiger partial charge in [-0.2, -0.15) is 0 Å². The zero-order valence-corrected chi connectivity index (χ0v) is 11.2. The Labute approximate surface area is 112 Å². The van der Waals surface area contributed by atoms with Gasteiger partial charge in [-0.3, -0.25) is 4.79 Å². The van der Waals surface area contributed by atoms with E-state index in [4.69, 9.17) is 4.74 Å². The van der Waals surface area contributed by atoms with E-state index in [-0.39, 0.29) is 12.5 Å². The molecule has 0 atom stereocenters. The average molecular weight is 263 g/mol. The van der Waals surface area contributed by atoms with Crippen LogP contribution in [-0.4, -0.2) is 32.6 Å². The van der Waals surface area contributed by atoms with E-state index in [1.807, 2.05) is 12.1 Å². The molecule has 0 saturated carbocycles. The van der Waals surface area contributed by atoms with Crippen LogP contribution in [0.1, 0.15) is 12.5 Å². The Hall–Kier alpha value is -2.30. The predicted octanol–water partition coefficient (Wildman–Crippen LogP) is 1.39. The predicted molar refractivity (Wildman–Crippen MR) is 71.7 cm³/mol. The molecule has 0 aliphatic heterocycles. The molecule has 0 aliphatic carbocycles. The zero-order chi connectivity index (χ0) is 14.3. The van der Waals surface area contributed by atoms with E-state index in [0.717, 1.165) is 11.3 Å². The molecule has 0 fully saturated rings. The molecule has 0 saturated heterocycles. The summed E-state index contributed by atoms with van der Waals surface area (Å²) in [6, 6.07) is 7.21. The molecule has 5 nitrogen and oxygen atoms in total. The van der Waals surface area contributed by atoms with Crippen molar-refractivity contribution in [3.05, 3.63) is 35.4 Å². The standard InChI is InChI=1S/C14H17NO4/c1-10(16)15-9-12(14(17)19-3)8-11-4-6-13(18-2)7-5-11/h4-8H,9H2,1-3H3,(H,15,16)/b12-8+. The molecule has 0 heterocycles. The number of esters is 1. The first-order valence-electron chi connectivity index (χ1n) is 5.74. The number of carbonyl (C=O) groups excluding carboxylic acids is 2. The fourth-order valence-electron chi connectivity index (χ4n) is 1.43. The van der Waals surface area contributed by atoms with Crippen LogP contribution >= 0.6 is 0 Å². The second-order valence-corrected chi connectivity index (χ2v) is 3.84. The molecular formula is C14H17NO4. The number of benzene rings is 1. The molecule has 1 aromatic carbocycles. The monoisotopic (exact) mass is 263 g/mol. The van der Waals surface area contributed by atoms with Gasteiger partial charge in [-0.25, -0.2) is 4.79 Å². The van der Waals surface area contributed by atoms with Crippen LogP contribution < -0.4 is 10.1 Å². The molecule has 19 heavy (non-hydrogen) atoms. The average Bonchev–Trinajstić information content (AvgIpc) is 2.43. The number of methoxy groups -OCH3 is 2. The van der Waals surface area contributed by atoms with Gasteiger partial charge in [-0.15, -0.1) is 0 Å². The molecule has 0 aliphatic rings. The van der Waals surface area contributed by atoms with Crippen molar-refractivity contribution in [2.45, 2.75) is 6.92 Å². The van der Waals surface area contributed by atoms with Gasteiger partial charge >= 0.3 is 5.97 Å². The lowest BCUT2D eigenvalue weighted by Gasteiger charge is -2.06. The lowest BCUT2D eigenvalue weighted by atomic mass is 10.1. The fourth-order valence-corrected chi connectivity index (χ4v) is 1.43. The number of carbonyl (C=O) groups is 2. The number of rotatable bonds is 5. The minimum absolute atomic E-state index is 0.133. The maximum absolute atomic E-state index is 11.6. The molecule has 0 unspecified atom stereocenters. The molecule has 0 radical (unpaired) electrons. The van der Waals surface area contributed by atoms with Crippen LogP contribution in [0.2, 0.25) is 0 Å². The van der Waals surface area contributed by atoms with Crippen molar-refractivity contribution >= 4 is 18.0 Å². The maximum atomic E-state index is 11.6. The van der Waals surface area contributed by atoms with Gasteiger partial charge in [0.1, 0.15) is 5.75 Å². The van der Waals surface area contributed by atoms with Crippen molar-refractivity contribution < 1.29 is 19.1 Å². The molecule has 1 aromatic rings. The minimum atomic E-state index is -0.468. The smallest absolute Gasteiger partial charge is 0.335 e. The van der Waals surface area contributed by atoms with E-state index in [9.17, 15) is 9.59 Å². The van der Waals surface area contributed by atoms with Crippen LogP contribution in [0.25, 0.3) is 6.08 Å². The van der Waals surface area contributed by atoms with Crippen LogP contribution in [0.4, 0.5) is 0 Å². The molecule has 1 rings (SSSR count). The third-order valence-corrected chi connectivity index (χ3v) is 2.43. The van der Waals surface area contributed by atoms with E-state index >= 15 is 0 Å². The van der Waals surface area contributed by atoms with E-state index < -0.39 is 5.97 Å². The summed E-state index contributed by atoms with van der Waals surface area (Å²) in [5, 5.41) is 2.57. The molecule has 5 heteroatoms.